The lowest BCUT2D eigenvalue weighted by Crippen LogP contribution is -2.49. The number of halogens is 1. The van der Waals surface area contributed by atoms with Gasteiger partial charge in [0, 0.05) is 30.3 Å². The molecule has 0 atom stereocenters. The van der Waals surface area contributed by atoms with Crippen molar-refractivity contribution >= 4 is 35.1 Å². The molecular formula is C26H26ClN3O4. The van der Waals surface area contributed by atoms with Gasteiger partial charge in [0.2, 0.25) is 0 Å². The van der Waals surface area contributed by atoms with E-state index in [1.807, 2.05) is 54.6 Å². The molecule has 4 rings (SSSR count). The zero-order valence-electron chi connectivity index (χ0n) is 18.9. The maximum absolute atomic E-state index is 13.3. The molecule has 34 heavy (non-hydrogen) atoms. The number of carbonyl (C=O) groups excluding carboxylic acids is 2. The number of carbonyl (C=O) groups is 2. The van der Waals surface area contributed by atoms with E-state index in [0.29, 0.717) is 41.8 Å². The van der Waals surface area contributed by atoms with Gasteiger partial charge in [-0.1, -0.05) is 54.1 Å². The zero-order valence-corrected chi connectivity index (χ0v) is 19.6. The summed E-state index contributed by atoms with van der Waals surface area (Å²) in [6, 6.07) is 22.0. The van der Waals surface area contributed by atoms with Crippen LogP contribution in [-0.2, 0) is 17.9 Å². The van der Waals surface area contributed by atoms with Gasteiger partial charge in [0.05, 0.1) is 12.8 Å². The van der Waals surface area contributed by atoms with E-state index < -0.39 is 6.09 Å². The molecule has 1 N–H and O–H groups in total. The molecule has 1 saturated heterocycles. The Kier molecular flexibility index (Phi) is 7.54. The number of hydrogen-bond donors (Lipinski definition) is 1. The summed E-state index contributed by atoms with van der Waals surface area (Å²) < 4.78 is 10.8. The van der Waals surface area contributed by atoms with Gasteiger partial charge in [-0.05, 0) is 47.9 Å². The third kappa shape index (κ3) is 5.80. The minimum atomic E-state index is -0.576. The van der Waals surface area contributed by atoms with E-state index in [4.69, 9.17) is 21.1 Å². The molecule has 0 bridgehead atoms. The molecule has 7 nitrogen and oxygen atoms in total. The average molecular weight is 480 g/mol. The lowest BCUT2D eigenvalue weighted by Gasteiger charge is -2.36. The molecule has 3 aromatic carbocycles. The molecule has 0 aliphatic carbocycles. The predicted molar refractivity (Wildman–Crippen MR) is 132 cm³/mol. The van der Waals surface area contributed by atoms with Crippen LogP contribution in [0.4, 0.5) is 21.0 Å². The van der Waals surface area contributed by atoms with Gasteiger partial charge in [0.25, 0.3) is 0 Å². The second-order valence-corrected chi connectivity index (χ2v) is 8.35. The summed E-state index contributed by atoms with van der Waals surface area (Å²) in [6.07, 6.45) is 0.221. The molecule has 0 spiro atoms. The first-order valence-electron chi connectivity index (χ1n) is 11.0. The summed E-state index contributed by atoms with van der Waals surface area (Å²) in [5, 5.41) is 3.37. The summed E-state index contributed by atoms with van der Waals surface area (Å²) in [4.78, 5) is 29.1. The highest BCUT2D eigenvalue weighted by atomic mass is 35.5. The van der Waals surface area contributed by atoms with Gasteiger partial charge in [0.15, 0.2) is 0 Å². The number of benzene rings is 3. The molecule has 3 aromatic rings. The Morgan fingerprint density at radius 1 is 1.00 bits per heavy atom. The second kappa shape index (κ2) is 10.9. The van der Waals surface area contributed by atoms with Crippen LogP contribution in [-0.4, -0.2) is 37.2 Å². The van der Waals surface area contributed by atoms with E-state index >= 15 is 0 Å². The van der Waals surface area contributed by atoms with Crippen LogP contribution in [0.5, 0.6) is 5.75 Å². The van der Waals surface area contributed by atoms with Crippen molar-refractivity contribution < 1.29 is 19.1 Å². The highest BCUT2D eigenvalue weighted by Crippen LogP contribution is 2.34. The maximum atomic E-state index is 13.3. The quantitative estimate of drug-likeness (QED) is 0.456. The number of urea groups is 1. The van der Waals surface area contributed by atoms with Crippen LogP contribution in [0.25, 0.3) is 0 Å². The van der Waals surface area contributed by atoms with Gasteiger partial charge in [-0.2, -0.15) is 0 Å². The summed E-state index contributed by atoms with van der Waals surface area (Å²) in [6.45, 7) is 1.82. The molecular weight excluding hydrogens is 454 g/mol. The monoisotopic (exact) mass is 479 g/mol. The van der Waals surface area contributed by atoms with Crippen molar-refractivity contribution in [3.05, 3.63) is 88.9 Å². The Bertz CT molecular complexity index is 1160. The maximum Gasteiger partial charge on any atom is 0.411 e. The molecule has 176 valence electrons. The minimum absolute atomic E-state index is 0.131. The lowest BCUT2D eigenvalue weighted by atomic mass is 10.1. The smallest absolute Gasteiger partial charge is 0.411 e. The molecule has 0 saturated carbocycles. The summed E-state index contributed by atoms with van der Waals surface area (Å²) in [7, 11) is 1.55. The van der Waals surface area contributed by atoms with Crippen molar-refractivity contribution in [2.24, 2.45) is 0 Å². The average Bonchev–Trinajstić information content (AvgIpc) is 2.85. The zero-order chi connectivity index (χ0) is 23.9. The fraction of sp³-hybridized carbons (Fsp3) is 0.231. The number of nitrogens with zero attached hydrogens (tertiary/aromatic N) is 2. The topological polar surface area (TPSA) is 71.1 Å². The third-order valence-corrected chi connectivity index (χ3v) is 5.74. The van der Waals surface area contributed by atoms with Gasteiger partial charge in [0.1, 0.15) is 12.4 Å². The Balaban J connectivity index is 1.47. The molecule has 1 fully saturated rings. The molecule has 1 aliphatic heterocycles. The number of ether oxygens (including phenoxy) is 2. The Labute approximate surface area is 203 Å². The van der Waals surface area contributed by atoms with E-state index in [9.17, 15) is 9.59 Å². The highest BCUT2D eigenvalue weighted by molar-refractivity contribution is 6.30. The van der Waals surface area contributed by atoms with Crippen molar-refractivity contribution in [3.63, 3.8) is 0 Å². The van der Waals surface area contributed by atoms with Crippen LogP contribution in [0, 0.1) is 0 Å². The minimum Gasteiger partial charge on any atom is -0.495 e. The fourth-order valence-corrected chi connectivity index (χ4v) is 4.08. The van der Waals surface area contributed by atoms with E-state index in [-0.39, 0.29) is 12.6 Å². The van der Waals surface area contributed by atoms with Crippen LogP contribution in [0.3, 0.4) is 0 Å². The van der Waals surface area contributed by atoms with Gasteiger partial charge in [-0.25, -0.2) is 9.59 Å². The van der Waals surface area contributed by atoms with Crippen LogP contribution < -0.4 is 15.0 Å². The van der Waals surface area contributed by atoms with E-state index in [1.165, 1.54) is 0 Å². The second-order valence-electron chi connectivity index (χ2n) is 7.91. The van der Waals surface area contributed by atoms with E-state index in [0.717, 1.165) is 17.5 Å². The van der Waals surface area contributed by atoms with E-state index in [1.54, 1.807) is 35.1 Å². The fourth-order valence-electron chi connectivity index (χ4n) is 3.86. The van der Waals surface area contributed by atoms with Crippen LogP contribution in [0.1, 0.15) is 17.5 Å². The number of methoxy groups -OCH3 is 1. The van der Waals surface area contributed by atoms with Crippen molar-refractivity contribution in [2.75, 3.05) is 30.4 Å². The first kappa shape index (κ1) is 23.4. The first-order chi connectivity index (χ1) is 16.5. The number of amides is 3. The van der Waals surface area contributed by atoms with Gasteiger partial charge in [-0.3, -0.25) is 10.2 Å². The molecule has 1 heterocycles. The van der Waals surface area contributed by atoms with Gasteiger partial charge >= 0.3 is 12.1 Å². The third-order valence-electron chi connectivity index (χ3n) is 5.50. The summed E-state index contributed by atoms with van der Waals surface area (Å²) >= 11 is 6.10. The number of hydrogen-bond acceptors (Lipinski definition) is 4. The summed E-state index contributed by atoms with van der Waals surface area (Å²) in [5.41, 5.74) is 2.95. The Hall–Kier alpha value is -3.71. The first-order valence-corrected chi connectivity index (χ1v) is 11.4. The lowest BCUT2D eigenvalue weighted by molar-refractivity contribution is 0.155. The molecule has 0 aromatic heterocycles. The molecule has 0 unspecified atom stereocenters. The van der Waals surface area contributed by atoms with Crippen LogP contribution in [0.15, 0.2) is 72.8 Å². The Morgan fingerprint density at radius 2 is 1.79 bits per heavy atom. The SMILES string of the molecule is COc1ccc(NC(=O)OCc2ccccc2)cc1N1CCCN(Cc2cccc(Cl)c2)C1=O. The number of nitrogens with one attached hydrogen (secondary N) is 1. The summed E-state index contributed by atoms with van der Waals surface area (Å²) in [5.74, 6) is 0.543. The molecule has 1 aliphatic rings. The van der Waals surface area contributed by atoms with Crippen LogP contribution in [0.2, 0.25) is 5.02 Å². The highest BCUT2D eigenvalue weighted by Gasteiger charge is 2.29. The largest absolute Gasteiger partial charge is 0.495 e. The van der Waals surface area contributed by atoms with E-state index in [2.05, 4.69) is 5.32 Å². The number of rotatable bonds is 7. The van der Waals surface area contributed by atoms with Crippen molar-refractivity contribution in [1.29, 1.82) is 0 Å². The van der Waals surface area contributed by atoms with Crippen molar-refractivity contribution in [1.82, 2.24) is 4.90 Å². The van der Waals surface area contributed by atoms with Gasteiger partial charge in [-0.15, -0.1) is 0 Å². The van der Waals surface area contributed by atoms with Crippen molar-refractivity contribution in [3.8, 4) is 5.75 Å². The van der Waals surface area contributed by atoms with Crippen LogP contribution >= 0.6 is 11.6 Å². The normalized spacial score (nSPS) is 13.5. The predicted octanol–water partition coefficient (Wildman–Crippen LogP) is 5.93. The van der Waals surface area contributed by atoms with Gasteiger partial charge < -0.3 is 14.4 Å². The Morgan fingerprint density at radius 3 is 2.56 bits per heavy atom. The number of anilines is 2. The molecule has 8 heteroatoms. The standard InChI is InChI=1S/C26H26ClN3O4/c1-33-24-12-11-22(28-25(31)34-18-19-7-3-2-4-8-19)16-23(24)30-14-6-13-29(26(30)32)17-20-9-5-10-21(27)15-20/h2-5,7-12,15-16H,6,13-14,17-18H2,1H3,(H,28,31). The molecule has 3 amide bonds. The van der Waals surface area contributed by atoms with Crippen molar-refractivity contribution in [2.45, 2.75) is 19.6 Å². The molecule has 0 radical (unpaired) electrons.